The van der Waals surface area contributed by atoms with Crippen LogP contribution in [0.1, 0.15) is 37.0 Å². The number of carbonyl (C=O) groups excluding carboxylic acids is 5. The van der Waals surface area contributed by atoms with Crippen LogP contribution in [0.2, 0.25) is 0 Å². The van der Waals surface area contributed by atoms with Crippen molar-refractivity contribution in [1.82, 2.24) is 0 Å². The summed E-state index contributed by atoms with van der Waals surface area (Å²) >= 11 is 3.28. The molecule has 230 valence electrons. The van der Waals surface area contributed by atoms with Gasteiger partial charge in [0.2, 0.25) is 0 Å². The van der Waals surface area contributed by atoms with Gasteiger partial charge in [-0.2, -0.15) is 0 Å². The van der Waals surface area contributed by atoms with E-state index in [4.69, 9.17) is 33.2 Å². The lowest BCUT2D eigenvalue weighted by Crippen LogP contribution is -2.63. The van der Waals surface area contributed by atoms with Crippen LogP contribution in [0.4, 0.5) is 0 Å². The van der Waals surface area contributed by atoms with Gasteiger partial charge in [0.15, 0.2) is 36.4 Å². The van der Waals surface area contributed by atoms with Crippen molar-refractivity contribution in [1.29, 1.82) is 0 Å². The van der Waals surface area contributed by atoms with Gasteiger partial charge in [-0.1, -0.05) is 28.1 Å². The van der Waals surface area contributed by atoms with Gasteiger partial charge in [-0.3, -0.25) is 19.2 Å². The number of halogens is 1. The molecule has 1 N–H and O–H groups in total. The number of hydrogen-bond donors (Lipinski definition) is 1. The molecular weight excluding hydrogens is 624 g/mol. The molecule has 0 spiro atoms. The molecule has 42 heavy (non-hydrogen) atoms. The Morgan fingerprint density at radius 1 is 0.905 bits per heavy atom. The van der Waals surface area contributed by atoms with Gasteiger partial charge in [0.1, 0.15) is 6.10 Å². The number of benzene rings is 1. The Kier molecular flexibility index (Phi) is 12.5. The molecular formula is C28H33BrO13. The molecule has 0 aliphatic carbocycles. The highest BCUT2D eigenvalue weighted by Crippen LogP contribution is 2.32. The number of rotatable bonds is 8. The average molecular weight is 657 g/mol. The number of ether oxygens (including phenoxy) is 7. The molecule has 1 aromatic carbocycles. The number of methoxy groups -OCH3 is 1. The lowest BCUT2D eigenvalue weighted by atomic mass is 9.96. The second-order valence-electron chi connectivity index (χ2n) is 9.19. The third kappa shape index (κ3) is 8.15. The van der Waals surface area contributed by atoms with Crippen LogP contribution < -0.4 is 0 Å². The molecule has 2 heterocycles. The van der Waals surface area contributed by atoms with E-state index in [-0.39, 0.29) is 31.6 Å². The number of aliphatic hydroxyl groups excluding tert-OH is 1. The van der Waals surface area contributed by atoms with Gasteiger partial charge in [-0.25, -0.2) is 4.79 Å². The van der Waals surface area contributed by atoms with Crippen molar-refractivity contribution in [2.75, 3.05) is 26.9 Å². The molecule has 7 atom stereocenters. The predicted molar refractivity (Wildman–Crippen MR) is 144 cm³/mol. The molecule has 2 aliphatic heterocycles. The standard InChI is InChI=1S/C28H33BrO13/c1-4-37-24(32)17-8-6-7-9-18(25(33)38-5-2)27(35)42-22-21(41-26(17)34)20(19(14-30)39-28(22)36-3)40-23(31)15-10-12-16(29)13-11-15/h6-7,10-13,17-22,28,30H,4-5,8-9,14H2,1-3H3/b7-6-/t17-,18-,19-,20-,21+,22-,28+/m1/s1. The summed E-state index contributed by atoms with van der Waals surface area (Å²) in [6.45, 7) is 2.40. The number of carbonyl (C=O) groups is 5. The maximum absolute atomic E-state index is 13.4. The van der Waals surface area contributed by atoms with E-state index < -0.39 is 79.0 Å². The van der Waals surface area contributed by atoms with Crippen LogP contribution in [0.15, 0.2) is 40.9 Å². The fourth-order valence-electron chi connectivity index (χ4n) is 4.35. The summed E-state index contributed by atoms with van der Waals surface area (Å²) < 4.78 is 38.9. The summed E-state index contributed by atoms with van der Waals surface area (Å²) in [6, 6.07) is 6.15. The molecule has 2 aliphatic rings. The summed E-state index contributed by atoms with van der Waals surface area (Å²) in [5.74, 6) is -7.59. The van der Waals surface area contributed by atoms with Crippen LogP contribution >= 0.6 is 15.9 Å². The second-order valence-corrected chi connectivity index (χ2v) is 10.1. The van der Waals surface area contributed by atoms with Crippen molar-refractivity contribution in [2.24, 2.45) is 11.8 Å². The van der Waals surface area contributed by atoms with Crippen LogP contribution in [0, 0.1) is 11.8 Å². The van der Waals surface area contributed by atoms with Crippen LogP contribution in [0.3, 0.4) is 0 Å². The van der Waals surface area contributed by atoms with E-state index >= 15 is 0 Å². The highest BCUT2D eigenvalue weighted by molar-refractivity contribution is 9.10. The molecule has 0 bridgehead atoms. The highest BCUT2D eigenvalue weighted by Gasteiger charge is 2.54. The zero-order valence-corrected chi connectivity index (χ0v) is 24.9. The minimum absolute atomic E-state index is 0.00298. The normalized spacial score (nSPS) is 28.9. The molecule has 0 amide bonds. The maximum atomic E-state index is 13.4. The fraction of sp³-hybridized carbons (Fsp3) is 0.536. The molecule has 13 nitrogen and oxygen atoms in total. The van der Waals surface area contributed by atoms with E-state index in [2.05, 4.69) is 15.9 Å². The van der Waals surface area contributed by atoms with Gasteiger partial charge < -0.3 is 38.3 Å². The molecule has 1 fully saturated rings. The third-order valence-corrected chi connectivity index (χ3v) is 6.98. The van der Waals surface area contributed by atoms with Crippen molar-refractivity contribution in [3.05, 3.63) is 46.5 Å². The zero-order valence-electron chi connectivity index (χ0n) is 23.3. The van der Waals surface area contributed by atoms with E-state index in [9.17, 15) is 29.1 Å². The van der Waals surface area contributed by atoms with Gasteiger partial charge in [-0.15, -0.1) is 0 Å². The van der Waals surface area contributed by atoms with E-state index in [1.54, 1.807) is 26.0 Å². The first-order valence-electron chi connectivity index (χ1n) is 13.3. The molecule has 0 radical (unpaired) electrons. The van der Waals surface area contributed by atoms with Gasteiger partial charge in [0.25, 0.3) is 0 Å². The predicted octanol–water partition coefficient (Wildman–Crippen LogP) is 1.87. The molecule has 1 saturated heterocycles. The highest BCUT2D eigenvalue weighted by atomic mass is 79.9. The largest absolute Gasteiger partial charge is 0.465 e. The monoisotopic (exact) mass is 656 g/mol. The minimum atomic E-state index is -1.64. The van der Waals surface area contributed by atoms with Crippen molar-refractivity contribution in [3.63, 3.8) is 0 Å². The van der Waals surface area contributed by atoms with Crippen LogP contribution in [0.25, 0.3) is 0 Å². The first-order valence-corrected chi connectivity index (χ1v) is 14.1. The van der Waals surface area contributed by atoms with Crippen molar-refractivity contribution < 1.29 is 62.2 Å². The van der Waals surface area contributed by atoms with Crippen LogP contribution in [-0.2, 0) is 52.3 Å². The number of esters is 5. The van der Waals surface area contributed by atoms with Crippen molar-refractivity contribution >= 4 is 45.8 Å². The Morgan fingerprint density at radius 2 is 1.43 bits per heavy atom. The van der Waals surface area contributed by atoms with Gasteiger partial charge in [0, 0.05) is 11.6 Å². The third-order valence-electron chi connectivity index (χ3n) is 6.45. The van der Waals surface area contributed by atoms with Crippen molar-refractivity contribution in [2.45, 2.75) is 57.4 Å². The molecule has 0 saturated carbocycles. The Labute approximate surface area is 250 Å². The summed E-state index contributed by atoms with van der Waals surface area (Å²) in [6.07, 6.45) is -4.99. The number of hydrogen-bond acceptors (Lipinski definition) is 13. The van der Waals surface area contributed by atoms with E-state index in [0.29, 0.717) is 4.47 Å². The average Bonchev–Trinajstić information content (AvgIpc) is 2.96. The topological polar surface area (TPSA) is 170 Å². The Morgan fingerprint density at radius 3 is 1.90 bits per heavy atom. The lowest BCUT2D eigenvalue weighted by Gasteiger charge is -2.44. The first-order chi connectivity index (χ1) is 20.1. The summed E-state index contributed by atoms with van der Waals surface area (Å²) in [7, 11) is 1.21. The van der Waals surface area contributed by atoms with E-state index in [0.717, 1.165) is 0 Å². The smallest absolute Gasteiger partial charge is 0.338 e. The first kappa shape index (κ1) is 33.2. The SMILES string of the molecule is CCOC(=O)[C@H]1C/C=C\C[C@H](C(=O)OCC)C(=O)O[C@H]2[C@@H](OC)O[C@H](CO)[C@@H](OC(=O)c3ccc(Br)cc3)[C@@H]2OC1=O. The Hall–Kier alpha value is -3.33. The fourth-order valence-corrected chi connectivity index (χ4v) is 4.62. The number of allylic oxidation sites excluding steroid dienone is 2. The zero-order chi connectivity index (χ0) is 30.8. The van der Waals surface area contributed by atoms with Gasteiger partial charge in [0.05, 0.1) is 25.4 Å². The number of fused-ring (bicyclic) bond motifs is 1. The summed E-state index contributed by atoms with van der Waals surface area (Å²) in [4.78, 5) is 65.2. The molecule has 1 aromatic rings. The van der Waals surface area contributed by atoms with E-state index in [1.807, 2.05) is 0 Å². The second kappa shape index (κ2) is 15.8. The van der Waals surface area contributed by atoms with Crippen LogP contribution in [-0.4, -0.2) is 92.6 Å². The van der Waals surface area contributed by atoms with Crippen molar-refractivity contribution in [3.8, 4) is 0 Å². The van der Waals surface area contributed by atoms with Gasteiger partial charge >= 0.3 is 29.8 Å². The molecule has 0 aromatic heterocycles. The lowest BCUT2D eigenvalue weighted by molar-refractivity contribution is -0.301. The van der Waals surface area contributed by atoms with E-state index in [1.165, 1.54) is 31.4 Å². The van der Waals surface area contributed by atoms with Crippen LogP contribution in [0.5, 0.6) is 0 Å². The number of aliphatic hydroxyl groups is 1. The molecule has 3 rings (SSSR count). The Balaban J connectivity index is 2.08. The summed E-state index contributed by atoms with van der Waals surface area (Å²) in [5, 5.41) is 10.1. The summed E-state index contributed by atoms with van der Waals surface area (Å²) in [5.41, 5.74) is 0.119. The van der Waals surface area contributed by atoms with Gasteiger partial charge in [-0.05, 0) is 51.0 Å². The Bertz CT molecular complexity index is 1150. The minimum Gasteiger partial charge on any atom is -0.465 e. The quantitative estimate of drug-likeness (QED) is 0.186. The molecule has 0 unspecified atom stereocenters. The molecule has 14 heteroatoms. The maximum Gasteiger partial charge on any atom is 0.338 e.